The molecule has 0 radical (unpaired) electrons. The van der Waals surface area contributed by atoms with E-state index in [9.17, 15) is 13.2 Å². The minimum absolute atomic E-state index is 0.0565. The molecule has 0 atom stereocenters. The van der Waals surface area contributed by atoms with Crippen molar-refractivity contribution >= 4 is 27.0 Å². The minimum Gasteiger partial charge on any atom is -0.329 e. The Hall–Kier alpha value is -2.67. The fourth-order valence-corrected chi connectivity index (χ4v) is 4.14. The molecule has 3 rings (SSSR count). The van der Waals surface area contributed by atoms with Gasteiger partial charge in [-0.2, -0.15) is 0 Å². The Bertz CT molecular complexity index is 1140. The second-order valence-corrected chi connectivity index (χ2v) is 9.50. The summed E-state index contributed by atoms with van der Waals surface area (Å²) in [5.74, 6) is 0.173. The van der Waals surface area contributed by atoms with Gasteiger partial charge in [0.2, 0.25) is 0 Å². The fraction of sp³-hybridized carbons (Fsp3) is 0.333. The predicted octanol–water partition coefficient (Wildman–Crippen LogP) is 3.78. The normalized spacial score (nSPS) is 12.3. The number of fused-ring (bicyclic) bond motifs is 1. The first-order chi connectivity index (χ1) is 13.0. The molecule has 0 aliphatic heterocycles. The molecule has 1 aromatic heterocycles. The third kappa shape index (κ3) is 3.80. The molecule has 0 fully saturated rings. The molecule has 0 aliphatic rings. The monoisotopic (exact) mass is 399 g/mol. The van der Waals surface area contributed by atoms with Crippen LogP contribution in [0.5, 0.6) is 0 Å². The lowest BCUT2D eigenvalue weighted by Gasteiger charge is -2.19. The lowest BCUT2D eigenvalue weighted by Crippen LogP contribution is -2.30. The third-order valence-electron chi connectivity index (χ3n) is 4.78. The Labute approximate surface area is 165 Å². The van der Waals surface area contributed by atoms with Crippen molar-refractivity contribution in [2.24, 2.45) is 0 Å². The van der Waals surface area contributed by atoms with Crippen LogP contribution in [-0.2, 0) is 22.0 Å². The summed E-state index contributed by atoms with van der Waals surface area (Å²) in [5.41, 5.74) is 2.77. The molecule has 0 bridgehead atoms. The molecule has 148 valence electrons. The smallest absolute Gasteiger partial charge is 0.265 e. The molecule has 1 amide bonds. The van der Waals surface area contributed by atoms with Gasteiger partial charge in [-0.15, -0.1) is 0 Å². The van der Waals surface area contributed by atoms with Crippen molar-refractivity contribution < 1.29 is 13.2 Å². The van der Waals surface area contributed by atoms with Crippen molar-refractivity contribution in [1.82, 2.24) is 14.3 Å². The average Bonchev–Trinajstić information content (AvgIpc) is 2.94. The number of carbonyl (C=O) groups is 1. The van der Waals surface area contributed by atoms with E-state index in [1.54, 1.807) is 30.3 Å². The van der Waals surface area contributed by atoms with Crippen molar-refractivity contribution in [3.63, 3.8) is 0 Å². The Kier molecular flexibility index (Phi) is 5.06. The molecule has 1 N–H and O–H groups in total. The summed E-state index contributed by atoms with van der Waals surface area (Å²) >= 11 is 0. The van der Waals surface area contributed by atoms with Crippen molar-refractivity contribution in [2.45, 2.75) is 51.5 Å². The highest BCUT2D eigenvalue weighted by atomic mass is 32.2. The number of carbonyl (C=O) groups excluding carboxylic acids is 1. The molecule has 0 spiro atoms. The van der Waals surface area contributed by atoms with Gasteiger partial charge in [-0.05, 0) is 55.2 Å². The standard InChI is InChI=1S/C21H25N3O3S/c1-6-24-14(2)22-18-13-15(7-12-19(18)24)20(25)23-28(26,27)17-10-8-16(9-11-17)21(3,4)5/h7-13H,6H2,1-5H3,(H,23,25). The van der Waals surface area contributed by atoms with Crippen LogP contribution in [0, 0.1) is 6.92 Å². The van der Waals surface area contributed by atoms with Crippen LogP contribution < -0.4 is 4.72 Å². The highest BCUT2D eigenvalue weighted by Crippen LogP contribution is 2.23. The highest BCUT2D eigenvalue weighted by molar-refractivity contribution is 7.90. The molecule has 1 heterocycles. The second-order valence-electron chi connectivity index (χ2n) is 7.82. The molecule has 2 aromatic carbocycles. The van der Waals surface area contributed by atoms with Crippen LogP contribution in [-0.4, -0.2) is 23.9 Å². The van der Waals surface area contributed by atoms with Gasteiger partial charge in [-0.25, -0.2) is 18.1 Å². The molecular formula is C21H25N3O3S. The third-order valence-corrected chi connectivity index (χ3v) is 6.12. The first-order valence-electron chi connectivity index (χ1n) is 9.17. The van der Waals surface area contributed by atoms with E-state index in [0.717, 1.165) is 23.4 Å². The zero-order valence-electron chi connectivity index (χ0n) is 16.8. The lowest BCUT2D eigenvalue weighted by molar-refractivity contribution is 0.0981. The molecule has 0 saturated carbocycles. The molecule has 0 saturated heterocycles. The van der Waals surface area contributed by atoms with E-state index in [2.05, 4.69) is 30.5 Å². The van der Waals surface area contributed by atoms with E-state index < -0.39 is 15.9 Å². The second kappa shape index (κ2) is 7.05. The molecule has 6 nitrogen and oxygen atoms in total. The quantitative estimate of drug-likeness (QED) is 0.724. The van der Waals surface area contributed by atoms with E-state index in [-0.39, 0.29) is 15.9 Å². The van der Waals surface area contributed by atoms with Crippen LogP contribution in [0.3, 0.4) is 0 Å². The predicted molar refractivity (Wildman–Crippen MR) is 110 cm³/mol. The Morgan fingerprint density at radius 3 is 2.32 bits per heavy atom. The van der Waals surface area contributed by atoms with Gasteiger partial charge in [0.1, 0.15) is 5.82 Å². The molecule has 28 heavy (non-hydrogen) atoms. The first-order valence-corrected chi connectivity index (χ1v) is 10.7. The van der Waals surface area contributed by atoms with Crippen LogP contribution in [0.15, 0.2) is 47.4 Å². The van der Waals surface area contributed by atoms with Gasteiger partial charge in [0.05, 0.1) is 15.9 Å². The van der Waals surface area contributed by atoms with Crippen LogP contribution >= 0.6 is 0 Å². The van der Waals surface area contributed by atoms with E-state index in [4.69, 9.17) is 0 Å². The summed E-state index contributed by atoms with van der Waals surface area (Å²) in [7, 11) is -3.96. The number of sulfonamides is 1. The minimum atomic E-state index is -3.96. The largest absolute Gasteiger partial charge is 0.329 e. The zero-order chi connectivity index (χ0) is 20.7. The number of hydrogen-bond donors (Lipinski definition) is 1. The summed E-state index contributed by atoms with van der Waals surface area (Å²) in [4.78, 5) is 17.0. The number of aromatic nitrogens is 2. The molecule has 0 aliphatic carbocycles. The summed E-state index contributed by atoms with van der Waals surface area (Å²) < 4.78 is 29.4. The number of hydrogen-bond acceptors (Lipinski definition) is 4. The summed E-state index contributed by atoms with van der Waals surface area (Å²) in [5, 5.41) is 0. The number of benzene rings is 2. The van der Waals surface area contributed by atoms with Gasteiger partial charge in [-0.3, -0.25) is 4.79 Å². The van der Waals surface area contributed by atoms with Gasteiger partial charge in [0.25, 0.3) is 15.9 Å². The lowest BCUT2D eigenvalue weighted by atomic mass is 9.87. The molecular weight excluding hydrogens is 374 g/mol. The number of aryl methyl sites for hydroxylation is 2. The average molecular weight is 400 g/mol. The molecule has 0 unspecified atom stereocenters. The SMILES string of the molecule is CCn1c(C)nc2cc(C(=O)NS(=O)(=O)c3ccc(C(C)(C)C)cc3)ccc21. The van der Waals surface area contributed by atoms with Gasteiger partial charge in [0, 0.05) is 12.1 Å². The maximum Gasteiger partial charge on any atom is 0.265 e. The topological polar surface area (TPSA) is 81.1 Å². The van der Waals surface area contributed by atoms with Gasteiger partial charge < -0.3 is 4.57 Å². The van der Waals surface area contributed by atoms with Crippen molar-refractivity contribution in [3.05, 3.63) is 59.4 Å². The van der Waals surface area contributed by atoms with Crippen LogP contribution in [0.1, 0.15) is 49.4 Å². The zero-order valence-corrected chi connectivity index (χ0v) is 17.6. The molecule has 7 heteroatoms. The maximum atomic E-state index is 12.6. The fourth-order valence-electron chi connectivity index (χ4n) is 3.16. The van der Waals surface area contributed by atoms with E-state index >= 15 is 0 Å². The number of amides is 1. The van der Waals surface area contributed by atoms with Gasteiger partial charge in [-0.1, -0.05) is 32.9 Å². The van der Waals surface area contributed by atoms with Gasteiger partial charge >= 0.3 is 0 Å². The maximum absolute atomic E-state index is 12.6. The number of nitrogens with one attached hydrogen (secondary N) is 1. The number of imidazole rings is 1. The first kappa shape index (κ1) is 20.1. The summed E-state index contributed by atoms with van der Waals surface area (Å²) in [6.45, 7) is 10.8. The van der Waals surface area contributed by atoms with Crippen LogP contribution in [0.25, 0.3) is 11.0 Å². The Balaban J connectivity index is 1.86. The van der Waals surface area contributed by atoms with Crippen LogP contribution in [0.4, 0.5) is 0 Å². The molecule has 3 aromatic rings. The number of rotatable bonds is 4. The van der Waals surface area contributed by atoms with E-state index in [0.29, 0.717) is 5.52 Å². The van der Waals surface area contributed by atoms with Crippen molar-refractivity contribution in [3.8, 4) is 0 Å². The highest BCUT2D eigenvalue weighted by Gasteiger charge is 2.21. The van der Waals surface area contributed by atoms with E-state index in [1.165, 1.54) is 12.1 Å². The Morgan fingerprint density at radius 1 is 1.11 bits per heavy atom. The summed E-state index contributed by atoms with van der Waals surface area (Å²) in [6, 6.07) is 11.6. The summed E-state index contributed by atoms with van der Waals surface area (Å²) in [6.07, 6.45) is 0. The van der Waals surface area contributed by atoms with Crippen molar-refractivity contribution in [1.29, 1.82) is 0 Å². The van der Waals surface area contributed by atoms with Gasteiger partial charge in [0.15, 0.2) is 0 Å². The Morgan fingerprint density at radius 2 is 1.75 bits per heavy atom. The van der Waals surface area contributed by atoms with Crippen LogP contribution in [0.2, 0.25) is 0 Å². The van der Waals surface area contributed by atoms with Crippen molar-refractivity contribution in [2.75, 3.05) is 0 Å². The van der Waals surface area contributed by atoms with E-state index in [1.807, 2.05) is 18.4 Å². The number of nitrogens with zero attached hydrogens (tertiary/aromatic N) is 2.